The van der Waals surface area contributed by atoms with Crippen molar-refractivity contribution in [3.8, 4) is 16.9 Å². The second kappa shape index (κ2) is 5.35. The average Bonchev–Trinajstić information content (AvgIpc) is 2.67. The molecule has 5 rings (SSSR count). The van der Waals surface area contributed by atoms with Crippen LogP contribution in [0, 0.1) is 0 Å². The highest BCUT2D eigenvalue weighted by Crippen LogP contribution is 2.38. The second-order valence-corrected chi connectivity index (χ2v) is 6.40. The van der Waals surface area contributed by atoms with Crippen molar-refractivity contribution < 1.29 is 5.11 Å². The normalized spacial score (nSPS) is 11.4. The fraction of sp³-hybridized carbons (Fsp3) is 0. The van der Waals surface area contributed by atoms with Gasteiger partial charge in [-0.05, 0) is 50.2 Å². The molecule has 0 amide bonds. The van der Waals surface area contributed by atoms with Gasteiger partial charge in [0.2, 0.25) is 0 Å². The molecule has 0 atom stereocenters. The van der Waals surface area contributed by atoms with Gasteiger partial charge in [-0.2, -0.15) is 0 Å². The van der Waals surface area contributed by atoms with Crippen LogP contribution in [0.25, 0.3) is 43.4 Å². The first-order valence-electron chi connectivity index (χ1n) is 8.44. The van der Waals surface area contributed by atoms with Crippen LogP contribution in [0.3, 0.4) is 0 Å². The molecule has 5 aromatic rings. The zero-order valence-corrected chi connectivity index (χ0v) is 13.6. The van der Waals surface area contributed by atoms with E-state index in [-0.39, 0.29) is 0 Å². The van der Waals surface area contributed by atoms with Gasteiger partial charge in [0.15, 0.2) is 0 Å². The summed E-state index contributed by atoms with van der Waals surface area (Å²) in [4.78, 5) is 0. The van der Waals surface area contributed by atoms with Crippen LogP contribution in [0.4, 0.5) is 0 Å². The van der Waals surface area contributed by atoms with E-state index in [1.54, 1.807) is 0 Å². The standard InChI is InChI=1S/C24H16O/c25-24-15-23-19(18-13-12-16-6-1-2-7-17(16)14-18)10-5-11-21(23)20-8-3-4-9-22(20)24/h1-15,25H. The maximum absolute atomic E-state index is 10.5. The van der Waals surface area contributed by atoms with Crippen molar-refractivity contribution in [2.75, 3.05) is 0 Å². The molecule has 1 N–H and O–H groups in total. The Balaban J connectivity index is 1.86. The predicted molar refractivity (Wildman–Crippen MR) is 106 cm³/mol. The van der Waals surface area contributed by atoms with Gasteiger partial charge >= 0.3 is 0 Å². The van der Waals surface area contributed by atoms with Gasteiger partial charge in [-0.1, -0.05) is 78.9 Å². The minimum atomic E-state index is 0.330. The smallest absolute Gasteiger partial charge is 0.124 e. The Morgan fingerprint density at radius 2 is 1.16 bits per heavy atom. The van der Waals surface area contributed by atoms with Crippen LogP contribution in [0.1, 0.15) is 0 Å². The van der Waals surface area contributed by atoms with Crippen molar-refractivity contribution >= 4 is 32.3 Å². The first-order chi connectivity index (χ1) is 12.3. The predicted octanol–water partition coefficient (Wildman–Crippen LogP) is 6.52. The lowest BCUT2D eigenvalue weighted by Crippen LogP contribution is -1.84. The summed E-state index contributed by atoms with van der Waals surface area (Å²) < 4.78 is 0. The minimum absolute atomic E-state index is 0.330. The molecule has 0 aliphatic heterocycles. The quantitative estimate of drug-likeness (QED) is 0.349. The minimum Gasteiger partial charge on any atom is -0.507 e. The fourth-order valence-corrected chi connectivity index (χ4v) is 3.72. The molecule has 0 heterocycles. The second-order valence-electron chi connectivity index (χ2n) is 6.40. The lowest BCUT2D eigenvalue weighted by Gasteiger charge is -2.12. The number of hydrogen-bond donors (Lipinski definition) is 1. The van der Waals surface area contributed by atoms with Crippen molar-refractivity contribution in [3.63, 3.8) is 0 Å². The molecule has 0 bridgehead atoms. The average molecular weight is 320 g/mol. The van der Waals surface area contributed by atoms with E-state index >= 15 is 0 Å². The van der Waals surface area contributed by atoms with Gasteiger partial charge in [-0.3, -0.25) is 0 Å². The van der Waals surface area contributed by atoms with Gasteiger partial charge in [0.05, 0.1) is 0 Å². The number of phenols is 1. The highest BCUT2D eigenvalue weighted by Gasteiger charge is 2.10. The third kappa shape index (κ3) is 2.17. The van der Waals surface area contributed by atoms with Crippen molar-refractivity contribution in [1.29, 1.82) is 0 Å². The molecule has 0 fully saturated rings. The number of phenolic OH excluding ortho intramolecular Hbond substituents is 1. The summed E-state index contributed by atoms with van der Waals surface area (Å²) in [5.41, 5.74) is 2.31. The summed E-state index contributed by atoms with van der Waals surface area (Å²) in [5, 5.41) is 17.2. The number of hydrogen-bond acceptors (Lipinski definition) is 1. The van der Waals surface area contributed by atoms with Crippen molar-refractivity contribution in [2.24, 2.45) is 0 Å². The topological polar surface area (TPSA) is 20.2 Å². The number of rotatable bonds is 1. The maximum atomic E-state index is 10.5. The van der Waals surface area contributed by atoms with E-state index in [4.69, 9.17) is 0 Å². The Kier molecular flexibility index (Phi) is 3.01. The van der Waals surface area contributed by atoms with E-state index in [0.29, 0.717) is 5.75 Å². The molecular formula is C24H16O. The van der Waals surface area contributed by atoms with Crippen LogP contribution in [0.2, 0.25) is 0 Å². The van der Waals surface area contributed by atoms with Crippen LogP contribution in [-0.4, -0.2) is 5.11 Å². The van der Waals surface area contributed by atoms with E-state index in [1.165, 1.54) is 21.7 Å². The molecule has 0 aromatic heterocycles. The van der Waals surface area contributed by atoms with Crippen LogP contribution in [0.5, 0.6) is 5.75 Å². The highest BCUT2D eigenvalue weighted by molar-refractivity contribution is 6.14. The lowest BCUT2D eigenvalue weighted by molar-refractivity contribution is 0.482. The summed E-state index contributed by atoms with van der Waals surface area (Å²) in [6, 6.07) is 31.2. The number of fused-ring (bicyclic) bond motifs is 4. The van der Waals surface area contributed by atoms with Gasteiger partial charge in [0.1, 0.15) is 5.75 Å². The van der Waals surface area contributed by atoms with Crippen molar-refractivity contribution in [3.05, 3.63) is 91.0 Å². The molecule has 0 radical (unpaired) electrons. The van der Waals surface area contributed by atoms with Crippen LogP contribution in [0.15, 0.2) is 91.0 Å². The zero-order chi connectivity index (χ0) is 16.8. The van der Waals surface area contributed by atoms with E-state index in [0.717, 1.165) is 21.7 Å². The van der Waals surface area contributed by atoms with Gasteiger partial charge in [0, 0.05) is 5.39 Å². The summed E-state index contributed by atoms with van der Waals surface area (Å²) in [7, 11) is 0. The molecular weight excluding hydrogens is 304 g/mol. The summed E-state index contributed by atoms with van der Waals surface area (Å²) in [5.74, 6) is 0.330. The molecule has 0 aliphatic rings. The van der Waals surface area contributed by atoms with E-state index in [1.807, 2.05) is 24.3 Å². The Morgan fingerprint density at radius 1 is 0.480 bits per heavy atom. The Bertz CT molecular complexity index is 1250. The molecule has 0 spiro atoms. The Hall–Kier alpha value is -3.32. The van der Waals surface area contributed by atoms with Gasteiger partial charge in [-0.15, -0.1) is 0 Å². The Morgan fingerprint density at radius 3 is 2.04 bits per heavy atom. The van der Waals surface area contributed by atoms with E-state index in [9.17, 15) is 5.11 Å². The van der Waals surface area contributed by atoms with Gasteiger partial charge in [0.25, 0.3) is 0 Å². The zero-order valence-electron chi connectivity index (χ0n) is 13.6. The van der Waals surface area contributed by atoms with E-state index in [2.05, 4.69) is 66.7 Å². The molecule has 118 valence electrons. The van der Waals surface area contributed by atoms with Gasteiger partial charge < -0.3 is 5.11 Å². The van der Waals surface area contributed by atoms with Crippen LogP contribution < -0.4 is 0 Å². The maximum Gasteiger partial charge on any atom is 0.124 e. The summed E-state index contributed by atoms with van der Waals surface area (Å²) >= 11 is 0. The number of benzene rings is 5. The fourth-order valence-electron chi connectivity index (χ4n) is 3.72. The monoisotopic (exact) mass is 320 g/mol. The largest absolute Gasteiger partial charge is 0.507 e. The SMILES string of the molecule is Oc1cc2c(-c3ccc4ccccc4c3)cccc2c2ccccc12. The Labute approximate surface area is 145 Å². The molecule has 0 unspecified atom stereocenters. The molecule has 0 saturated heterocycles. The van der Waals surface area contributed by atoms with Gasteiger partial charge in [-0.25, -0.2) is 0 Å². The lowest BCUT2D eigenvalue weighted by atomic mass is 9.93. The summed E-state index contributed by atoms with van der Waals surface area (Å²) in [6.07, 6.45) is 0. The third-order valence-electron chi connectivity index (χ3n) is 4.94. The third-order valence-corrected chi connectivity index (χ3v) is 4.94. The molecule has 5 aromatic carbocycles. The molecule has 25 heavy (non-hydrogen) atoms. The molecule has 1 nitrogen and oxygen atoms in total. The summed E-state index contributed by atoms with van der Waals surface area (Å²) in [6.45, 7) is 0. The van der Waals surface area contributed by atoms with E-state index < -0.39 is 0 Å². The van der Waals surface area contributed by atoms with Crippen LogP contribution in [-0.2, 0) is 0 Å². The molecule has 0 aliphatic carbocycles. The van der Waals surface area contributed by atoms with Crippen LogP contribution >= 0.6 is 0 Å². The number of aromatic hydroxyl groups is 1. The molecule has 0 saturated carbocycles. The van der Waals surface area contributed by atoms with Crippen molar-refractivity contribution in [1.82, 2.24) is 0 Å². The first kappa shape index (κ1) is 14.1. The first-order valence-corrected chi connectivity index (χ1v) is 8.44. The molecule has 1 heteroatoms. The van der Waals surface area contributed by atoms with Crippen molar-refractivity contribution in [2.45, 2.75) is 0 Å². The highest BCUT2D eigenvalue weighted by atomic mass is 16.3.